The van der Waals surface area contributed by atoms with Crippen LogP contribution in [0.25, 0.3) is 0 Å². The summed E-state index contributed by atoms with van der Waals surface area (Å²) in [4.78, 5) is 0. The maximum Gasteiger partial charge on any atom is 0.0720 e. The summed E-state index contributed by atoms with van der Waals surface area (Å²) in [5.41, 5.74) is 1.93. The van der Waals surface area contributed by atoms with E-state index in [0.29, 0.717) is 16.9 Å². The number of ether oxygens (including phenoxy) is 1. The molecule has 2 nitrogen and oxygen atoms in total. The molecule has 0 aromatic heterocycles. The molecule has 0 amide bonds. The van der Waals surface area contributed by atoms with Gasteiger partial charge in [0.05, 0.1) is 18.3 Å². The summed E-state index contributed by atoms with van der Waals surface area (Å²) >= 11 is 0. The van der Waals surface area contributed by atoms with Gasteiger partial charge in [-0.15, -0.1) is 0 Å². The summed E-state index contributed by atoms with van der Waals surface area (Å²) in [6, 6.07) is 10.7. The number of unbranched alkanes of at least 4 members (excludes halogenated alkanes) is 1. The van der Waals surface area contributed by atoms with Crippen LogP contribution in [0.1, 0.15) is 144 Å². The number of hydrogen-bond acceptors (Lipinski definition) is 2. The van der Waals surface area contributed by atoms with Gasteiger partial charge in [-0.2, -0.15) is 0 Å². The number of rotatable bonds is 8. The lowest BCUT2D eigenvalue weighted by Crippen LogP contribution is -2.54. The molecule has 8 unspecified atom stereocenters. The highest BCUT2D eigenvalue weighted by Gasteiger charge is 2.59. The van der Waals surface area contributed by atoms with Crippen LogP contribution in [0.3, 0.4) is 0 Å². The van der Waals surface area contributed by atoms with E-state index in [1.54, 1.807) is 0 Å². The predicted molar refractivity (Wildman–Crippen MR) is 168 cm³/mol. The smallest absolute Gasteiger partial charge is 0.0720 e. The average molecular weight is 541 g/mol. The molecule has 5 rings (SSSR count). The van der Waals surface area contributed by atoms with Crippen LogP contribution in [0.5, 0.6) is 0 Å². The van der Waals surface area contributed by atoms with Crippen molar-refractivity contribution < 1.29 is 9.84 Å². The van der Waals surface area contributed by atoms with Crippen molar-refractivity contribution in [3.05, 3.63) is 35.9 Å². The van der Waals surface area contributed by atoms with Crippen molar-refractivity contribution in [1.29, 1.82) is 0 Å². The molecule has 0 saturated heterocycles. The van der Waals surface area contributed by atoms with Gasteiger partial charge in [0.1, 0.15) is 0 Å². The minimum Gasteiger partial charge on any atom is -0.390 e. The second-order valence-electron chi connectivity index (χ2n) is 14.2. The molecule has 1 N–H and O–H groups in total. The van der Waals surface area contributed by atoms with Crippen LogP contribution in [0, 0.1) is 40.4 Å². The number of aliphatic hydroxyl groups is 1. The first-order valence-electron chi connectivity index (χ1n) is 17.1. The quantitative estimate of drug-likeness (QED) is 0.332. The van der Waals surface area contributed by atoms with Crippen LogP contribution < -0.4 is 0 Å². The van der Waals surface area contributed by atoms with Crippen molar-refractivity contribution in [2.75, 3.05) is 0 Å². The van der Waals surface area contributed by atoms with Gasteiger partial charge in [-0.3, -0.25) is 0 Å². The van der Waals surface area contributed by atoms with Crippen LogP contribution in [0.4, 0.5) is 0 Å². The van der Waals surface area contributed by atoms with E-state index in [4.69, 9.17) is 4.74 Å². The van der Waals surface area contributed by atoms with Gasteiger partial charge >= 0.3 is 0 Å². The third kappa shape index (κ3) is 7.51. The zero-order chi connectivity index (χ0) is 28.7. The average Bonchev–Trinajstić information content (AvgIpc) is 3.28. The van der Waals surface area contributed by atoms with Gasteiger partial charge in [0.2, 0.25) is 0 Å². The third-order valence-corrected chi connectivity index (χ3v) is 11.7. The highest BCUT2D eigenvalue weighted by atomic mass is 16.5. The Hall–Kier alpha value is -0.860. The van der Waals surface area contributed by atoms with Crippen molar-refractivity contribution in [2.45, 2.75) is 157 Å². The molecule has 224 valence electrons. The summed E-state index contributed by atoms with van der Waals surface area (Å²) in [7, 11) is 0. The van der Waals surface area contributed by atoms with E-state index in [-0.39, 0.29) is 0 Å². The highest BCUT2D eigenvalue weighted by Crippen LogP contribution is 2.68. The van der Waals surface area contributed by atoms with Crippen molar-refractivity contribution >= 4 is 0 Å². The van der Waals surface area contributed by atoms with Crippen LogP contribution in [-0.2, 0) is 11.3 Å². The third-order valence-electron chi connectivity index (χ3n) is 11.7. The molecule has 4 saturated carbocycles. The Morgan fingerprint density at radius 1 is 0.821 bits per heavy atom. The Kier molecular flexibility index (Phi) is 12.0. The zero-order valence-electron chi connectivity index (χ0n) is 27.1. The molecule has 1 aromatic rings. The Morgan fingerprint density at radius 2 is 1.49 bits per heavy atom. The first-order valence-corrected chi connectivity index (χ1v) is 17.1. The fourth-order valence-electron chi connectivity index (χ4n) is 9.69. The maximum absolute atomic E-state index is 10.1. The van der Waals surface area contributed by atoms with Gasteiger partial charge in [-0.1, -0.05) is 84.7 Å². The fraction of sp³-hybridized carbons (Fsp3) is 0.838. The van der Waals surface area contributed by atoms with Gasteiger partial charge in [0.25, 0.3) is 0 Å². The number of benzene rings is 1. The largest absolute Gasteiger partial charge is 0.390 e. The van der Waals surface area contributed by atoms with E-state index in [1.165, 1.54) is 82.6 Å². The zero-order valence-corrected chi connectivity index (χ0v) is 27.1. The molecule has 0 heterocycles. The lowest BCUT2D eigenvalue weighted by Gasteiger charge is -2.61. The van der Waals surface area contributed by atoms with Gasteiger partial charge in [0, 0.05) is 0 Å². The molecule has 0 aliphatic heterocycles. The first kappa shape index (κ1) is 32.7. The molecule has 4 aliphatic carbocycles. The van der Waals surface area contributed by atoms with Crippen molar-refractivity contribution in [1.82, 2.24) is 0 Å². The summed E-state index contributed by atoms with van der Waals surface area (Å²) in [6.07, 6.45) is 18.0. The van der Waals surface area contributed by atoms with Crippen molar-refractivity contribution in [3.8, 4) is 0 Å². The topological polar surface area (TPSA) is 29.5 Å². The van der Waals surface area contributed by atoms with E-state index in [1.807, 2.05) is 41.5 Å². The lowest BCUT2D eigenvalue weighted by atomic mass is 9.44. The Labute approximate surface area is 243 Å². The minimum absolute atomic E-state index is 0.457. The normalized spacial score (nSPS) is 37.3. The van der Waals surface area contributed by atoms with Gasteiger partial charge in [-0.05, 0) is 130 Å². The van der Waals surface area contributed by atoms with E-state index in [9.17, 15) is 5.11 Å². The molecule has 2 heteroatoms. The van der Waals surface area contributed by atoms with Crippen LogP contribution >= 0.6 is 0 Å². The lowest BCUT2D eigenvalue weighted by molar-refractivity contribution is -0.136. The SMILES string of the molecule is CC.CC.CC(C)(O)CCCCC1CCC2C3CCC4CC(OCc5ccccc5)CCC4(C)C3CCC12C. The molecule has 39 heavy (non-hydrogen) atoms. The Morgan fingerprint density at radius 3 is 2.18 bits per heavy atom. The molecule has 0 spiro atoms. The second-order valence-corrected chi connectivity index (χ2v) is 14.2. The highest BCUT2D eigenvalue weighted by molar-refractivity contribution is 5.14. The summed E-state index contributed by atoms with van der Waals surface area (Å²) in [5, 5.41) is 10.1. The second kappa shape index (κ2) is 14.4. The maximum atomic E-state index is 10.1. The van der Waals surface area contributed by atoms with Crippen LogP contribution in [0.15, 0.2) is 30.3 Å². The molecule has 8 atom stereocenters. The molecule has 1 aromatic carbocycles. The summed E-state index contributed by atoms with van der Waals surface area (Å²) in [6.45, 7) is 18.1. The van der Waals surface area contributed by atoms with Gasteiger partial charge in [-0.25, -0.2) is 0 Å². The number of fused-ring (bicyclic) bond motifs is 5. The Balaban J connectivity index is 0.00000100. The van der Waals surface area contributed by atoms with Crippen LogP contribution in [0.2, 0.25) is 0 Å². The first-order chi connectivity index (χ1) is 18.7. The van der Waals surface area contributed by atoms with E-state index >= 15 is 0 Å². The van der Waals surface area contributed by atoms with E-state index < -0.39 is 5.60 Å². The summed E-state index contributed by atoms with van der Waals surface area (Å²) < 4.78 is 6.45. The predicted octanol–water partition coefficient (Wildman–Crippen LogP) is 10.6. The van der Waals surface area contributed by atoms with Crippen molar-refractivity contribution in [2.24, 2.45) is 40.4 Å². The molecular formula is C37H64O2. The molecule has 0 bridgehead atoms. The standard InChI is InChI=1S/C33H52O2.2C2H6/c1-31(2,34)19-9-8-12-25-14-16-29-28-15-13-26-22-27(35-23-24-10-6-5-7-11-24)17-20-33(26,4)30(28)18-21-32(25,29)3;2*1-2/h5-7,10-11,25-30,34H,8-9,12-23H2,1-4H3;2*1-2H3. The minimum atomic E-state index is -0.500. The Bertz CT molecular complexity index is 828. The summed E-state index contributed by atoms with van der Waals surface area (Å²) in [5.74, 6) is 4.66. The van der Waals surface area contributed by atoms with E-state index in [0.717, 1.165) is 42.6 Å². The molecule has 0 radical (unpaired) electrons. The fourth-order valence-corrected chi connectivity index (χ4v) is 9.69. The number of hydrogen-bond donors (Lipinski definition) is 1. The van der Waals surface area contributed by atoms with E-state index in [2.05, 4.69) is 44.2 Å². The molecule has 4 fully saturated rings. The monoisotopic (exact) mass is 540 g/mol. The van der Waals surface area contributed by atoms with Crippen LogP contribution in [-0.4, -0.2) is 16.8 Å². The molecule has 4 aliphatic rings. The molecular weight excluding hydrogens is 476 g/mol. The van der Waals surface area contributed by atoms with Crippen molar-refractivity contribution in [3.63, 3.8) is 0 Å². The van der Waals surface area contributed by atoms with Gasteiger partial charge < -0.3 is 9.84 Å². The van der Waals surface area contributed by atoms with Gasteiger partial charge in [0.15, 0.2) is 0 Å².